The van der Waals surface area contributed by atoms with Crippen molar-refractivity contribution >= 4 is 33.2 Å². The highest BCUT2D eigenvalue weighted by atomic mass is 32.2. The Morgan fingerprint density at radius 1 is 0.939 bits per heavy atom. The fraction of sp³-hybridized carbons (Fsp3) is 0.391. The van der Waals surface area contributed by atoms with Crippen LogP contribution in [-0.2, 0) is 14.8 Å². The minimum absolute atomic E-state index is 0.0721. The first kappa shape index (κ1) is 21.6. The van der Waals surface area contributed by atoms with Crippen molar-refractivity contribution in [2.45, 2.75) is 19.3 Å². The molecule has 0 saturated carbocycles. The number of sulfonamides is 1. The van der Waals surface area contributed by atoms with Crippen molar-refractivity contribution in [3.63, 3.8) is 0 Å². The van der Waals surface area contributed by atoms with Gasteiger partial charge in [-0.05, 0) is 55.7 Å². The van der Waals surface area contributed by atoms with Crippen molar-refractivity contribution in [1.82, 2.24) is 4.90 Å². The molecular weight excluding hydrogens is 446 g/mol. The van der Waals surface area contributed by atoms with Gasteiger partial charge in [-0.25, -0.2) is 8.42 Å². The van der Waals surface area contributed by atoms with Crippen LogP contribution >= 0.6 is 0 Å². The molecular formula is C23H25N3O6S. The van der Waals surface area contributed by atoms with Gasteiger partial charge in [-0.1, -0.05) is 0 Å². The van der Waals surface area contributed by atoms with Crippen LogP contribution in [-0.4, -0.2) is 57.3 Å². The maximum absolute atomic E-state index is 12.9. The molecule has 3 heterocycles. The second-order valence-electron chi connectivity index (χ2n) is 8.41. The second kappa shape index (κ2) is 8.58. The Bertz CT molecular complexity index is 1170. The lowest BCUT2D eigenvalue weighted by atomic mass is 9.95. The molecule has 2 saturated heterocycles. The Morgan fingerprint density at radius 2 is 1.67 bits per heavy atom. The van der Waals surface area contributed by atoms with E-state index in [1.165, 1.54) is 4.31 Å². The summed E-state index contributed by atoms with van der Waals surface area (Å²) in [6, 6.07) is 12.0. The van der Waals surface area contributed by atoms with Crippen LogP contribution in [0.2, 0.25) is 0 Å². The third-order valence-electron chi connectivity index (χ3n) is 6.29. The number of hydrogen-bond donors (Lipinski definition) is 1. The molecule has 33 heavy (non-hydrogen) atoms. The van der Waals surface area contributed by atoms with Crippen molar-refractivity contribution in [2.75, 3.05) is 41.8 Å². The largest absolute Gasteiger partial charge is 0.454 e. The molecule has 0 unspecified atom stereocenters. The molecule has 9 nitrogen and oxygen atoms in total. The zero-order chi connectivity index (χ0) is 23.0. The highest BCUT2D eigenvalue weighted by Crippen LogP contribution is 2.34. The minimum atomic E-state index is -3.25. The Hall–Kier alpha value is -3.27. The monoisotopic (exact) mass is 471 g/mol. The van der Waals surface area contributed by atoms with Crippen LogP contribution in [0.4, 0.5) is 11.4 Å². The molecule has 2 amide bonds. The lowest BCUT2D eigenvalue weighted by molar-refractivity contribution is -0.121. The number of likely N-dealkylation sites (tertiary alicyclic amines) is 1. The van der Waals surface area contributed by atoms with E-state index in [0.717, 1.165) is 0 Å². The van der Waals surface area contributed by atoms with Crippen molar-refractivity contribution in [3.05, 3.63) is 48.0 Å². The Kier molecular flexibility index (Phi) is 5.61. The Balaban J connectivity index is 1.16. The highest BCUT2D eigenvalue weighted by molar-refractivity contribution is 7.93. The van der Waals surface area contributed by atoms with Crippen LogP contribution in [0.15, 0.2) is 42.5 Å². The van der Waals surface area contributed by atoms with E-state index in [9.17, 15) is 18.0 Å². The average Bonchev–Trinajstić information content (AvgIpc) is 3.44. The fourth-order valence-corrected chi connectivity index (χ4v) is 6.01. The lowest BCUT2D eigenvalue weighted by Gasteiger charge is -2.31. The molecule has 0 spiro atoms. The first-order chi connectivity index (χ1) is 15.9. The lowest BCUT2D eigenvalue weighted by Crippen LogP contribution is -2.41. The first-order valence-corrected chi connectivity index (χ1v) is 12.6. The second-order valence-corrected chi connectivity index (χ2v) is 10.4. The predicted molar refractivity (Wildman–Crippen MR) is 122 cm³/mol. The van der Waals surface area contributed by atoms with E-state index in [0.29, 0.717) is 67.3 Å². The standard InChI is InChI=1S/C23H25N3O6S/c27-22(24-18-4-7-20-21(14-18)32-15-31-20)16-8-11-25(12-9-16)23(28)17-2-5-19(6-3-17)26-10-1-13-33(26,29)30/h2-7,14,16H,1,8-13,15H2,(H,24,27). The van der Waals surface area contributed by atoms with Gasteiger partial charge in [0.25, 0.3) is 5.91 Å². The molecule has 2 aromatic carbocycles. The number of amides is 2. The number of hydrogen-bond acceptors (Lipinski definition) is 6. The number of carbonyl (C=O) groups is 2. The van der Waals surface area contributed by atoms with Crippen LogP contribution in [0.25, 0.3) is 0 Å². The molecule has 2 aromatic rings. The van der Waals surface area contributed by atoms with E-state index in [2.05, 4.69) is 5.32 Å². The molecule has 3 aliphatic heterocycles. The van der Waals surface area contributed by atoms with Gasteiger partial charge in [0, 0.05) is 42.9 Å². The number of anilines is 2. The van der Waals surface area contributed by atoms with Crippen molar-refractivity contribution < 1.29 is 27.5 Å². The van der Waals surface area contributed by atoms with E-state index in [4.69, 9.17) is 9.47 Å². The van der Waals surface area contributed by atoms with Crippen LogP contribution < -0.4 is 19.1 Å². The average molecular weight is 472 g/mol. The summed E-state index contributed by atoms with van der Waals surface area (Å²) in [5, 5.41) is 2.92. The molecule has 5 rings (SSSR count). The molecule has 1 N–H and O–H groups in total. The van der Waals surface area contributed by atoms with E-state index in [-0.39, 0.29) is 30.3 Å². The molecule has 0 aromatic heterocycles. The van der Waals surface area contributed by atoms with Crippen molar-refractivity contribution in [1.29, 1.82) is 0 Å². The minimum Gasteiger partial charge on any atom is -0.454 e. The van der Waals surface area contributed by atoms with Gasteiger partial charge < -0.3 is 19.7 Å². The highest BCUT2D eigenvalue weighted by Gasteiger charge is 2.30. The number of benzene rings is 2. The van der Waals surface area contributed by atoms with Gasteiger partial charge in [0.15, 0.2) is 11.5 Å². The zero-order valence-electron chi connectivity index (χ0n) is 18.0. The maximum atomic E-state index is 12.9. The van der Waals surface area contributed by atoms with Gasteiger partial charge in [0.2, 0.25) is 22.7 Å². The number of carbonyl (C=O) groups excluding carboxylic acids is 2. The SMILES string of the molecule is O=C(Nc1ccc2c(c1)OCO2)C1CCN(C(=O)c2ccc(N3CCCS3(=O)=O)cc2)CC1. The summed E-state index contributed by atoms with van der Waals surface area (Å²) >= 11 is 0. The number of nitrogens with zero attached hydrogens (tertiary/aromatic N) is 2. The number of nitrogens with one attached hydrogen (secondary N) is 1. The summed E-state index contributed by atoms with van der Waals surface area (Å²) in [7, 11) is -3.25. The van der Waals surface area contributed by atoms with Gasteiger partial charge in [-0.2, -0.15) is 0 Å². The molecule has 2 fully saturated rings. The van der Waals surface area contributed by atoms with E-state index < -0.39 is 10.0 Å². The van der Waals surface area contributed by atoms with Gasteiger partial charge >= 0.3 is 0 Å². The van der Waals surface area contributed by atoms with Crippen LogP contribution in [0.1, 0.15) is 29.6 Å². The van der Waals surface area contributed by atoms with Crippen molar-refractivity contribution in [3.8, 4) is 11.5 Å². The van der Waals surface area contributed by atoms with Gasteiger partial charge in [0.05, 0.1) is 11.4 Å². The van der Waals surface area contributed by atoms with Crippen LogP contribution in [0.3, 0.4) is 0 Å². The normalized spacial score (nSPS) is 19.5. The summed E-state index contributed by atoms with van der Waals surface area (Å²) in [6.45, 7) is 1.62. The van der Waals surface area contributed by atoms with Gasteiger partial charge in [-0.15, -0.1) is 0 Å². The molecule has 0 atom stereocenters. The smallest absolute Gasteiger partial charge is 0.253 e. The summed E-state index contributed by atoms with van der Waals surface area (Å²) < 4.78 is 36.2. The van der Waals surface area contributed by atoms with Crippen LogP contribution in [0.5, 0.6) is 11.5 Å². The summed E-state index contributed by atoms with van der Waals surface area (Å²) in [4.78, 5) is 27.3. The van der Waals surface area contributed by atoms with E-state index in [1.807, 2.05) is 0 Å². The number of piperidine rings is 1. The predicted octanol–water partition coefficient (Wildman–Crippen LogP) is 2.45. The van der Waals surface area contributed by atoms with Gasteiger partial charge in [0.1, 0.15) is 0 Å². The topological polar surface area (TPSA) is 105 Å². The molecule has 3 aliphatic rings. The third kappa shape index (κ3) is 4.35. The molecule has 174 valence electrons. The summed E-state index contributed by atoms with van der Waals surface area (Å²) in [5.74, 6) is 1.07. The quantitative estimate of drug-likeness (QED) is 0.734. The summed E-state index contributed by atoms with van der Waals surface area (Å²) in [5.41, 5.74) is 1.75. The summed E-state index contributed by atoms with van der Waals surface area (Å²) in [6.07, 6.45) is 1.76. The van der Waals surface area contributed by atoms with Crippen LogP contribution in [0, 0.1) is 5.92 Å². The number of rotatable bonds is 4. The maximum Gasteiger partial charge on any atom is 0.253 e. The number of ether oxygens (including phenoxy) is 2. The molecule has 0 aliphatic carbocycles. The molecule has 10 heteroatoms. The third-order valence-corrected chi connectivity index (χ3v) is 8.16. The Labute approximate surface area is 192 Å². The first-order valence-electron chi connectivity index (χ1n) is 11.0. The Morgan fingerprint density at radius 3 is 2.36 bits per heavy atom. The zero-order valence-corrected chi connectivity index (χ0v) is 18.8. The molecule has 0 radical (unpaired) electrons. The van der Waals surface area contributed by atoms with E-state index in [1.54, 1.807) is 47.4 Å². The van der Waals surface area contributed by atoms with E-state index >= 15 is 0 Å². The molecule has 0 bridgehead atoms. The van der Waals surface area contributed by atoms with Gasteiger partial charge in [-0.3, -0.25) is 13.9 Å². The van der Waals surface area contributed by atoms with Crippen molar-refractivity contribution in [2.24, 2.45) is 5.92 Å². The number of fused-ring (bicyclic) bond motifs is 1. The fourth-order valence-electron chi connectivity index (χ4n) is 4.45.